The minimum atomic E-state index is -3.51. The third kappa shape index (κ3) is 2.47. The van der Waals surface area contributed by atoms with E-state index in [4.69, 9.17) is 5.73 Å². The SMILES string of the molecule is CCC1(CC)CCN(S(=O)(=O)c2cnccc2N)C1. The van der Waals surface area contributed by atoms with E-state index in [-0.39, 0.29) is 16.0 Å². The van der Waals surface area contributed by atoms with Crippen LogP contribution in [0.15, 0.2) is 23.4 Å². The summed E-state index contributed by atoms with van der Waals surface area (Å²) in [5.41, 5.74) is 6.14. The lowest BCUT2D eigenvalue weighted by Crippen LogP contribution is -2.32. The van der Waals surface area contributed by atoms with Crippen molar-refractivity contribution in [1.82, 2.24) is 9.29 Å². The summed E-state index contributed by atoms with van der Waals surface area (Å²) in [7, 11) is -3.51. The van der Waals surface area contributed by atoms with E-state index in [9.17, 15) is 8.42 Å². The number of nitrogens with two attached hydrogens (primary N) is 1. The molecule has 0 spiro atoms. The van der Waals surface area contributed by atoms with Crippen molar-refractivity contribution in [2.45, 2.75) is 38.0 Å². The van der Waals surface area contributed by atoms with Crippen molar-refractivity contribution in [1.29, 1.82) is 0 Å². The second kappa shape index (κ2) is 5.09. The van der Waals surface area contributed by atoms with Gasteiger partial charge in [0.25, 0.3) is 0 Å². The number of hydrogen-bond acceptors (Lipinski definition) is 4. The van der Waals surface area contributed by atoms with E-state index in [1.54, 1.807) is 4.31 Å². The maximum absolute atomic E-state index is 12.6. The third-order valence-corrected chi connectivity index (χ3v) is 6.23. The number of hydrogen-bond donors (Lipinski definition) is 1. The molecule has 0 aliphatic carbocycles. The first-order valence-corrected chi connectivity index (χ1v) is 8.09. The van der Waals surface area contributed by atoms with E-state index in [0.29, 0.717) is 13.1 Å². The van der Waals surface area contributed by atoms with E-state index in [2.05, 4.69) is 18.8 Å². The van der Waals surface area contributed by atoms with Crippen molar-refractivity contribution in [3.05, 3.63) is 18.5 Å². The highest BCUT2D eigenvalue weighted by molar-refractivity contribution is 7.89. The maximum Gasteiger partial charge on any atom is 0.246 e. The molecule has 19 heavy (non-hydrogen) atoms. The van der Waals surface area contributed by atoms with E-state index in [1.165, 1.54) is 18.5 Å². The summed E-state index contributed by atoms with van der Waals surface area (Å²) in [5.74, 6) is 0. The molecule has 1 fully saturated rings. The van der Waals surface area contributed by atoms with Gasteiger partial charge in [0.05, 0.1) is 5.69 Å². The van der Waals surface area contributed by atoms with Crippen LogP contribution in [-0.2, 0) is 10.0 Å². The first-order chi connectivity index (χ1) is 8.95. The predicted molar refractivity (Wildman–Crippen MR) is 75.0 cm³/mol. The lowest BCUT2D eigenvalue weighted by atomic mass is 9.82. The molecule has 5 nitrogen and oxygen atoms in total. The van der Waals surface area contributed by atoms with Gasteiger partial charge in [0.2, 0.25) is 10.0 Å². The largest absolute Gasteiger partial charge is 0.398 e. The highest BCUT2D eigenvalue weighted by atomic mass is 32.2. The summed E-state index contributed by atoms with van der Waals surface area (Å²) in [6.45, 7) is 5.39. The van der Waals surface area contributed by atoms with Gasteiger partial charge in [-0.2, -0.15) is 4.31 Å². The van der Waals surface area contributed by atoms with Gasteiger partial charge in [-0.05, 0) is 30.7 Å². The lowest BCUT2D eigenvalue weighted by molar-refractivity contribution is 0.279. The normalized spacial score (nSPS) is 19.7. The average molecular weight is 283 g/mol. The highest BCUT2D eigenvalue weighted by Gasteiger charge is 2.41. The molecule has 0 aromatic carbocycles. The molecule has 1 saturated heterocycles. The van der Waals surface area contributed by atoms with Crippen LogP contribution in [0, 0.1) is 5.41 Å². The molecule has 0 amide bonds. The number of anilines is 1. The molecule has 2 N–H and O–H groups in total. The van der Waals surface area contributed by atoms with Gasteiger partial charge >= 0.3 is 0 Å². The van der Waals surface area contributed by atoms with Crippen LogP contribution in [0.1, 0.15) is 33.1 Å². The Morgan fingerprint density at radius 3 is 2.63 bits per heavy atom. The third-order valence-electron chi connectivity index (χ3n) is 4.34. The monoisotopic (exact) mass is 283 g/mol. The smallest absolute Gasteiger partial charge is 0.246 e. The lowest BCUT2D eigenvalue weighted by Gasteiger charge is -2.26. The summed E-state index contributed by atoms with van der Waals surface area (Å²) >= 11 is 0. The van der Waals surface area contributed by atoms with E-state index in [1.807, 2.05) is 0 Å². The fourth-order valence-electron chi connectivity index (χ4n) is 2.67. The maximum atomic E-state index is 12.6. The minimum absolute atomic E-state index is 0.115. The van der Waals surface area contributed by atoms with Gasteiger partial charge in [-0.25, -0.2) is 8.42 Å². The van der Waals surface area contributed by atoms with Crippen molar-refractivity contribution in [3.63, 3.8) is 0 Å². The van der Waals surface area contributed by atoms with Crippen LogP contribution >= 0.6 is 0 Å². The van der Waals surface area contributed by atoms with Crippen LogP contribution in [0.5, 0.6) is 0 Å². The second-order valence-corrected chi connectivity index (χ2v) is 7.12. The molecule has 106 valence electrons. The number of nitrogens with zero attached hydrogens (tertiary/aromatic N) is 2. The van der Waals surface area contributed by atoms with Crippen molar-refractivity contribution in [3.8, 4) is 0 Å². The molecule has 1 aromatic rings. The van der Waals surface area contributed by atoms with Gasteiger partial charge in [-0.3, -0.25) is 4.98 Å². The zero-order chi connectivity index (χ0) is 14.1. The molecule has 1 aromatic heterocycles. The first-order valence-electron chi connectivity index (χ1n) is 6.65. The van der Waals surface area contributed by atoms with Gasteiger partial charge in [-0.1, -0.05) is 13.8 Å². The molecule has 0 radical (unpaired) electrons. The molecular weight excluding hydrogens is 262 g/mol. The Labute approximate surface area is 114 Å². The molecule has 1 aliphatic heterocycles. The quantitative estimate of drug-likeness (QED) is 0.915. The van der Waals surface area contributed by atoms with Crippen molar-refractivity contribution < 1.29 is 8.42 Å². The molecular formula is C13H21N3O2S. The molecule has 0 bridgehead atoms. The number of rotatable bonds is 4. The Hall–Kier alpha value is -1.14. The van der Waals surface area contributed by atoms with Crippen molar-refractivity contribution >= 4 is 15.7 Å². The number of sulfonamides is 1. The average Bonchev–Trinajstić information content (AvgIpc) is 2.85. The second-order valence-electron chi connectivity index (χ2n) is 5.21. The van der Waals surface area contributed by atoms with Crippen LogP contribution in [-0.4, -0.2) is 30.8 Å². The van der Waals surface area contributed by atoms with E-state index < -0.39 is 10.0 Å². The Morgan fingerprint density at radius 2 is 2.11 bits per heavy atom. The topological polar surface area (TPSA) is 76.3 Å². The van der Waals surface area contributed by atoms with Crippen LogP contribution < -0.4 is 5.73 Å². The first kappa shape index (κ1) is 14.3. The minimum Gasteiger partial charge on any atom is -0.398 e. The zero-order valence-corrected chi connectivity index (χ0v) is 12.3. The van der Waals surface area contributed by atoms with Gasteiger partial charge in [0, 0.05) is 25.5 Å². The van der Waals surface area contributed by atoms with Crippen LogP contribution in [0.2, 0.25) is 0 Å². The molecule has 1 aliphatic rings. The van der Waals surface area contributed by atoms with Crippen molar-refractivity contribution in [2.75, 3.05) is 18.8 Å². The fraction of sp³-hybridized carbons (Fsp3) is 0.615. The van der Waals surface area contributed by atoms with E-state index in [0.717, 1.165) is 19.3 Å². The fourth-order valence-corrected chi connectivity index (χ4v) is 4.29. The van der Waals surface area contributed by atoms with Crippen LogP contribution in [0.3, 0.4) is 0 Å². The van der Waals surface area contributed by atoms with Crippen molar-refractivity contribution in [2.24, 2.45) is 5.41 Å². The molecule has 6 heteroatoms. The number of nitrogen functional groups attached to an aromatic ring is 1. The Morgan fingerprint density at radius 1 is 1.42 bits per heavy atom. The highest BCUT2D eigenvalue weighted by Crippen LogP contribution is 2.39. The van der Waals surface area contributed by atoms with Crippen LogP contribution in [0.25, 0.3) is 0 Å². The molecule has 0 atom stereocenters. The van der Waals surface area contributed by atoms with Gasteiger partial charge in [-0.15, -0.1) is 0 Å². The van der Waals surface area contributed by atoms with Gasteiger partial charge in [0.15, 0.2) is 0 Å². The molecule has 0 unspecified atom stereocenters. The standard InChI is InChI=1S/C13H21N3O2S/c1-3-13(4-2)6-8-16(10-13)19(17,18)12-9-15-7-5-11(12)14/h5,7,9H,3-4,6,8,10H2,1-2H3,(H2,14,15). The van der Waals surface area contributed by atoms with E-state index >= 15 is 0 Å². The summed E-state index contributed by atoms with van der Waals surface area (Å²) < 4.78 is 26.7. The Kier molecular flexibility index (Phi) is 3.82. The Bertz CT molecular complexity index is 553. The summed E-state index contributed by atoms with van der Waals surface area (Å²) in [4.78, 5) is 4.00. The predicted octanol–water partition coefficient (Wildman–Crippen LogP) is 1.86. The molecule has 0 saturated carbocycles. The number of aromatic nitrogens is 1. The van der Waals surface area contributed by atoms with Gasteiger partial charge in [0.1, 0.15) is 4.90 Å². The van der Waals surface area contributed by atoms with Gasteiger partial charge < -0.3 is 5.73 Å². The summed E-state index contributed by atoms with van der Waals surface area (Å²) in [5, 5.41) is 0. The molecule has 2 rings (SSSR count). The summed E-state index contributed by atoms with van der Waals surface area (Å²) in [6, 6.07) is 1.52. The molecule has 2 heterocycles. The summed E-state index contributed by atoms with van der Waals surface area (Å²) in [6.07, 6.45) is 5.75. The number of pyridine rings is 1. The zero-order valence-electron chi connectivity index (χ0n) is 11.5. The van der Waals surface area contributed by atoms with Crippen LogP contribution in [0.4, 0.5) is 5.69 Å². The Balaban J connectivity index is 2.31.